The molecule has 1 amide bonds. The van der Waals surface area contributed by atoms with Crippen LogP contribution in [0.4, 0.5) is 0 Å². The third-order valence-corrected chi connectivity index (χ3v) is 4.86. The molecule has 1 aromatic heterocycles. The highest BCUT2D eigenvalue weighted by atomic mass is 16.2. The monoisotopic (exact) mass is 341 g/mol. The van der Waals surface area contributed by atoms with Crippen LogP contribution in [0.15, 0.2) is 30.3 Å². The van der Waals surface area contributed by atoms with Crippen molar-refractivity contribution < 1.29 is 4.79 Å². The summed E-state index contributed by atoms with van der Waals surface area (Å²) in [6.45, 7) is 8.58. The predicted molar refractivity (Wildman–Crippen MR) is 97.4 cm³/mol. The lowest BCUT2D eigenvalue weighted by molar-refractivity contribution is 0.0683. The van der Waals surface area contributed by atoms with Crippen LogP contribution >= 0.6 is 0 Å². The van der Waals surface area contributed by atoms with Crippen LogP contribution in [0, 0.1) is 6.92 Å². The van der Waals surface area contributed by atoms with E-state index in [-0.39, 0.29) is 11.9 Å². The Labute approximate surface area is 149 Å². The van der Waals surface area contributed by atoms with Gasteiger partial charge in [-0.1, -0.05) is 35.5 Å². The van der Waals surface area contributed by atoms with Crippen LogP contribution in [-0.4, -0.2) is 44.9 Å². The van der Waals surface area contributed by atoms with Crippen molar-refractivity contribution in [3.8, 4) is 0 Å². The Balaban J connectivity index is 1.81. The third-order valence-electron chi connectivity index (χ3n) is 4.86. The van der Waals surface area contributed by atoms with Crippen molar-refractivity contribution in [2.75, 3.05) is 13.1 Å². The summed E-state index contributed by atoms with van der Waals surface area (Å²) < 4.78 is 1.94. The zero-order valence-electron chi connectivity index (χ0n) is 15.3. The lowest BCUT2D eigenvalue weighted by Crippen LogP contribution is -2.37. The van der Waals surface area contributed by atoms with E-state index in [0.717, 1.165) is 37.2 Å². The molecule has 0 saturated carbocycles. The first-order valence-corrected chi connectivity index (χ1v) is 9.05. The maximum atomic E-state index is 13.1. The van der Waals surface area contributed by atoms with Gasteiger partial charge in [-0.2, -0.15) is 0 Å². The summed E-state index contributed by atoms with van der Waals surface area (Å²) in [6.07, 6.45) is 2.05. The minimum absolute atomic E-state index is 0.0449. The highest BCUT2D eigenvalue weighted by Gasteiger charge is 2.27. The van der Waals surface area contributed by atoms with Crippen molar-refractivity contribution in [2.45, 2.75) is 52.2 Å². The van der Waals surface area contributed by atoms with Gasteiger partial charge in [-0.05, 0) is 52.3 Å². The highest BCUT2D eigenvalue weighted by Crippen LogP contribution is 2.22. The van der Waals surface area contributed by atoms with Gasteiger partial charge in [-0.25, -0.2) is 4.68 Å². The molecule has 2 aromatic rings. The van der Waals surface area contributed by atoms with E-state index < -0.39 is 0 Å². The van der Waals surface area contributed by atoms with Crippen LogP contribution in [0.1, 0.15) is 54.5 Å². The largest absolute Gasteiger partial charge is 0.330 e. The summed E-state index contributed by atoms with van der Waals surface area (Å²) in [6, 6.07) is 10.5. The topological polar surface area (TPSA) is 63.1 Å². The Bertz CT molecular complexity index is 704. The van der Waals surface area contributed by atoms with Crippen LogP contribution in [0.2, 0.25) is 0 Å². The molecule has 2 heterocycles. The molecule has 0 aliphatic carbocycles. The Morgan fingerprint density at radius 2 is 1.96 bits per heavy atom. The van der Waals surface area contributed by atoms with Gasteiger partial charge >= 0.3 is 0 Å². The predicted octanol–water partition coefficient (Wildman–Crippen LogP) is 2.56. The van der Waals surface area contributed by atoms with E-state index >= 15 is 0 Å². The minimum atomic E-state index is -0.0449. The van der Waals surface area contributed by atoms with Crippen LogP contribution in [0.25, 0.3) is 0 Å². The highest BCUT2D eigenvalue weighted by molar-refractivity contribution is 5.93. The summed E-state index contributed by atoms with van der Waals surface area (Å²) in [5.41, 5.74) is 2.46. The molecule has 6 heteroatoms. The molecule has 1 saturated heterocycles. The van der Waals surface area contributed by atoms with Gasteiger partial charge < -0.3 is 10.2 Å². The van der Waals surface area contributed by atoms with E-state index in [0.29, 0.717) is 18.3 Å². The zero-order valence-corrected chi connectivity index (χ0v) is 15.3. The molecule has 0 unspecified atom stereocenters. The van der Waals surface area contributed by atoms with Gasteiger partial charge in [-0.3, -0.25) is 4.79 Å². The van der Waals surface area contributed by atoms with Crippen molar-refractivity contribution in [3.63, 3.8) is 0 Å². The van der Waals surface area contributed by atoms with Gasteiger partial charge in [0, 0.05) is 12.6 Å². The molecule has 1 aromatic carbocycles. The fourth-order valence-corrected chi connectivity index (χ4v) is 3.34. The number of aromatic nitrogens is 3. The standard InChI is InChI=1S/C19H27N5O/c1-14(2)23(13-16-7-5-4-6-8-16)19(25)18-15(3)24(22-21-18)17-9-11-20-12-10-17/h4-8,14,17,20H,9-13H2,1-3H3. The first kappa shape index (κ1) is 17.6. The lowest BCUT2D eigenvalue weighted by Gasteiger charge is -2.27. The number of nitrogens with one attached hydrogen (secondary N) is 1. The number of carbonyl (C=O) groups excluding carboxylic acids is 1. The van der Waals surface area contributed by atoms with Crippen LogP contribution < -0.4 is 5.32 Å². The quantitative estimate of drug-likeness (QED) is 0.908. The van der Waals surface area contributed by atoms with Gasteiger partial charge in [0.05, 0.1) is 11.7 Å². The smallest absolute Gasteiger partial charge is 0.276 e. The normalized spacial score (nSPS) is 15.5. The third kappa shape index (κ3) is 3.90. The molecule has 6 nitrogen and oxygen atoms in total. The summed E-state index contributed by atoms with van der Waals surface area (Å²) >= 11 is 0. The molecule has 25 heavy (non-hydrogen) atoms. The van der Waals surface area contributed by atoms with E-state index in [2.05, 4.69) is 15.6 Å². The van der Waals surface area contributed by atoms with Gasteiger partial charge in [0.1, 0.15) is 0 Å². The maximum absolute atomic E-state index is 13.1. The molecule has 0 spiro atoms. The molecule has 3 rings (SSSR count). The second kappa shape index (κ2) is 7.78. The van der Waals surface area contributed by atoms with E-state index in [9.17, 15) is 4.79 Å². The van der Waals surface area contributed by atoms with Crippen LogP contribution in [0.3, 0.4) is 0 Å². The maximum Gasteiger partial charge on any atom is 0.276 e. The molecule has 0 bridgehead atoms. The van der Waals surface area contributed by atoms with Gasteiger partial charge in [-0.15, -0.1) is 5.10 Å². The SMILES string of the molecule is Cc1c(C(=O)N(Cc2ccccc2)C(C)C)nnn1C1CCNCC1. The molecule has 1 N–H and O–H groups in total. The van der Waals surface area contributed by atoms with E-state index in [1.807, 2.05) is 60.7 Å². The minimum Gasteiger partial charge on any atom is -0.330 e. The number of hydrogen-bond acceptors (Lipinski definition) is 4. The molecular formula is C19H27N5O. The first-order valence-electron chi connectivity index (χ1n) is 9.05. The molecule has 1 fully saturated rings. The second-order valence-corrected chi connectivity index (χ2v) is 6.96. The Hall–Kier alpha value is -2.21. The van der Waals surface area contributed by atoms with Crippen LogP contribution in [-0.2, 0) is 6.54 Å². The second-order valence-electron chi connectivity index (χ2n) is 6.96. The van der Waals surface area contributed by atoms with E-state index in [4.69, 9.17) is 0 Å². The van der Waals surface area contributed by atoms with Crippen molar-refractivity contribution in [1.82, 2.24) is 25.2 Å². The van der Waals surface area contributed by atoms with E-state index in [1.165, 1.54) is 0 Å². The molecule has 0 atom stereocenters. The fourth-order valence-electron chi connectivity index (χ4n) is 3.34. The molecule has 1 aliphatic rings. The zero-order chi connectivity index (χ0) is 17.8. The van der Waals surface area contributed by atoms with Gasteiger partial charge in [0.2, 0.25) is 0 Å². The number of benzene rings is 1. The van der Waals surface area contributed by atoms with Crippen molar-refractivity contribution in [1.29, 1.82) is 0 Å². The average Bonchev–Trinajstić information content (AvgIpc) is 3.02. The molecule has 0 radical (unpaired) electrons. The summed E-state index contributed by atoms with van der Waals surface area (Å²) in [4.78, 5) is 15.0. The Morgan fingerprint density at radius 3 is 2.60 bits per heavy atom. The van der Waals surface area contributed by atoms with Crippen molar-refractivity contribution in [3.05, 3.63) is 47.3 Å². The van der Waals surface area contributed by atoms with Gasteiger partial charge in [0.15, 0.2) is 5.69 Å². The number of carbonyl (C=O) groups is 1. The average molecular weight is 341 g/mol. The number of piperidine rings is 1. The number of amides is 1. The summed E-state index contributed by atoms with van der Waals surface area (Å²) in [5.74, 6) is -0.0449. The van der Waals surface area contributed by atoms with Gasteiger partial charge in [0.25, 0.3) is 5.91 Å². The summed E-state index contributed by atoms with van der Waals surface area (Å²) in [7, 11) is 0. The molecule has 1 aliphatic heterocycles. The molecular weight excluding hydrogens is 314 g/mol. The number of hydrogen-bond donors (Lipinski definition) is 1. The Kier molecular flexibility index (Phi) is 5.48. The number of nitrogens with zero attached hydrogens (tertiary/aromatic N) is 4. The first-order chi connectivity index (χ1) is 12.1. The van der Waals surface area contributed by atoms with Crippen molar-refractivity contribution in [2.24, 2.45) is 0 Å². The number of rotatable bonds is 5. The molecule has 134 valence electrons. The lowest BCUT2D eigenvalue weighted by atomic mass is 10.1. The summed E-state index contributed by atoms with van der Waals surface area (Å²) in [5, 5.41) is 11.9. The van der Waals surface area contributed by atoms with Crippen LogP contribution in [0.5, 0.6) is 0 Å². The Morgan fingerprint density at radius 1 is 1.28 bits per heavy atom. The van der Waals surface area contributed by atoms with E-state index in [1.54, 1.807) is 0 Å². The van der Waals surface area contributed by atoms with Crippen molar-refractivity contribution >= 4 is 5.91 Å². The fraction of sp³-hybridized carbons (Fsp3) is 0.526.